The second-order valence-corrected chi connectivity index (χ2v) is 9.39. The molecule has 3 aromatic carbocycles. The first-order valence-corrected chi connectivity index (χ1v) is 11.2. The molecule has 0 saturated heterocycles. The van der Waals surface area contributed by atoms with Crippen LogP contribution in [-0.2, 0) is 9.84 Å². The standard InChI is InChI=1S/C22H16BrFN2O3S/c1-14-2-4-15(5-3-14)20-26-22(30(27,28)19-12-6-16(23)7-13-19)21(29-20)25-18-10-8-17(24)9-11-18/h2-13,25H,1H3. The number of hydrogen-bond donors (Lipinski definition) is 1. The van der Waals surface area contributed by atoms with E-state index >= 15 is 0 Å². The van der Waals surface area contributed by atoms with Gasteiger partial charge < -0.3 is 9.73 Å². The van der Waals surface area contributed by atoms with Crippen molar-refractivity contribution < 1.29 is 17.2 Å². The molecule has 0 atom stereocenters. The first-order chi connectivity index (χ1) is 14.3. The maximum absolute atomic E-state index is 13.3. The lowest BCUT2D eigenvalue weighted by molar-refractivity contribution is 0.581. The molecule has 1 heterocycles. The average Bonchev–Trinajstić information content (AvgIpc) is 3.15. The fourth-order valence-corrected chi connectivity index (χ4v) is 4.30. The summed E-state index contributed by atoms with van der Waals surface area (Å²) < 4.78 is 46.3. The fourth-order valence-electron chi connectivity index (χ4n) is 2.78. The summed E-state index contributed by atoms with van der Waals surface area (Å²) in [5, 5.41) is 2.66. The number of anilines is 2. The van der Waals surface area contributed by atoms with Gasteiger partial charge in [-0.2, -0.15) is 4.98 Å². The predicted octanol–water partition coefficient (Wildman–Crippen LogP) is 6.13. The minimum absolute atomic E-state index is 0.0416. The van der Waals surface area contributed by atoms with Gasteiger partial charge in [0.05, 0.1) is 4.90 Å². The molecule has 0 aliphatic rings. The van der Waals surface area contributed by atoms with E-state index in [-0.39, 0.29) is 21.7 Å². The first-order valence-electron chi connectivity index (χ1n) is 8.94. The van der Waals surface area contributed by atoms with E-state index in [9.17, 15) is 12.8 Å². The lowest BCUT2D eigenvalue weighted by atomic mass is 10.1. The van der Waals surface area contributed by atoms with E-state index in [1.807, 2.05) is 19.1 Å². The minimum atomic E-state index is -3.97. The molecule has 5 nitrogen and oxygen atoms in total. The Labute approximate surface area is 181 Å². The molecule has 0 aliphatic carbocycles. The molecule has 8 heteroatoms. The summed E-state index contributed by atoms with van der Waals surface area (Å²) in [5.41, 5.74) is 2.16. The van der Waals surface area contributed by atoms with Crippen molar-refractivity contribution in [3.8, 4) is 11.5 Å². The molecule has 0 aliphatic heterocycles. The minimum Gasteiger partial charge on any atom is -0.419 e. The summed E-state index contributed by atoms with van der Waals surface area (Å²) in [6, 6.07) is 19.1. The summed E-state index contributed by atoms with van der Waals surface area (Å²) in [5.74, 6) is -0.281. The van der Waals surface area contributed by atoms with Crippen molar-refractivity contribution in [2.75, 3.05) is 5.32 Å². The zero-order chi connectivity index (χ0) is 21.3. The zero-order valence-electron chi connectivity index (χ0n) is 15.8. The maximum Gasteiger partial charge on any atom is 0.238 e. The average molecular weight is 487 g/mol. The lowest BCUT2D eigenvalue weighted by Gasteiger charge is -2.06. The number of halogens is 2. The van der Waals surface area contributed by atoms with Gasteiger partial charge in [-0.05, 0) is 67.6 Å². The van der Waals surface area contributed by atoms with E-state index in [2.05, 4.69) is 26.2 Å². The Kier molecular flexibility index (Phi) is 5.44. The van der Waals surface area contributed by atoms with Crippen molar-refractivity contribution in [3.63, 3.8) is 0 Å². The van der Waals surface area contributed by atoms with Crippen LogP contribution in [0.25, 0.3) is 11.5 Å². The highest BCUT2D eigenvalue weighted by molar-refractivity contribution is 9.10. The monoisotopic (exact) mass is 486 g/mol. The third-order valence-corrected chi connectivity index (χ3v) is 6.58. The molecule has 0 spiro atoms. The number of benzene rings is 3. The highest BCUT2D eigenvalue weighted by Crippen LogP contribution is 2.34. The van der Waals surface area contributed by atoms with E-state index in [0.717, 1.165) is 10.0 Å². The van der Waals surface area contributed by atoms with Crippen LogP contribution < -0.4 is 5.32 Å². The molecule has 4 rings (SSSR count). The summed E-state index contributed by atoms with van der Waals surface area (Å²) in [6.07, 6.45) is 0. The molecule has 0 radical (unpaired) electrons. The molecule has 0 saturated carbocycles. The van der Waals surface area contributed by atoms with Gasteiger partial charge in [-0.3, -0.25) is 0 Å². The van der Waals surface area contributed by atoms with E-state index in [0.29, 0.717) is 11.3 Å². The van der Waals surface area contributed by atoms with Crippen LogP contribution >= 0.6 is 15.9 Å². The molecular formula is C22H16BrFN2O3S. The summed E-state index contributed by atoms with van der Waals surface area (Å²) >= 11 is 3.30. The molecule has 0 fully saturated rings. The number of nitrogens with zero attached hydrogens (tertiary/aromatic N) is 1. The molecule has 0 unspecified atom stereocenters. The number of oxazole rings is 1. The second-order valence-electron chi connectivity index (χ2n) is 6.61. The van der Waals surface area contributed by atoms with Crippen molar-refractivity contribution in [3.05, 3.63) is 88.6 Å². The summed E-state index contributed by atoms with van der Waals surface area (Å²) in [7, 11) is -3.97. The number of hydrogen-bond acceptors (Lipinski definition) is 5. The van der Waals surface area contributed by atoms with Gasteiger partial charge in [0.2, 0.25) is 26.6 Å². The molecule has 152 valence electrons. The fraction of sp³-hybridized carbons (Fsp3) is 0.0455. The van der Waals surface area contributed by atoms with E-state index in [1.165, 1.54) is 36.4 Å². The Hall–Kier alpha value is -2.97. The number of aryl methyl sites for hydroxylation is 1. The third-order valence-electron chi connectivity index (χ3n) is 4.38. The Morgan fingerprint density at radius 3 is 2.20 bits per heavy atom. The Bertz CT molecular complexity index is 1280. The van der Waals surface area contributed by atoms with Gasteiger partial charge in [-0.15, -0.1) is 0 Å². The third kappa shape index (κ3) is 4.15. The second kappa shape index (κ2) is 8.04. The van der Waals surface area contributed by atoms with Gasteiger partial charge in [0, 0.05) is 15.7 Å². The number of aromatic nitrogens is 1. The van der Waals surface area contributed by atoms with Crippen molar-refractivity contribution in [2.45, 2.75) is 16.8 Å². The van der Waals surface area contributed by atoms with Crippen LogP contribution in [0.2, 0.25) is 0 Å². The summed E-state index contributed by atoms with van der Waals surface area (Å²) in [4.78, 5) is 4.37. The van der Waals surface area contributed by atoms with Crippen LogP contribution in [0, 0.1) is 12.7 Å². The van der Waals surface area contributed by atoms with Crippen molar-refractivity contribution in [2.24, 2.45) is 0 Å². The van der Waals surface area contributed by atoms with E-state index in [4.69, 9.17) is 4.42 Å². The highest BCUT2D eigenvalue weighted by atomic mass is 79.9. The molecular weight excluding hydrogens is 471 g/mol. The molecule has 30 heavy (non-hydrogen) atoms. The molecule has 1 aromatic heterocycles. The number of nitrogens with one attached hydrogen (secondary N) is 1. The molecule has 1 N–H and O–H groups in total. The van der Waals surface area contributed by atoms with Gasteiger partial charge in [0.1, 0.15) is 5.82 Å². The van der Waals surface area contributed by atoms with Gasteiger partial charge in [0.25, 0.3) is 0 Å². The molecule has 0 bridgehead atoms. The van der Waals surface area contributed by atoms with Crippen LogP contribution in [0.3, 0.4) is 0 Å². The summed E-state index contributed by atoms with van der Waals surface area (Å²) in [6.45, 7) is 1.95. The van der Waals surface area contributed by atoms with E-state index < -0.39 is 15.7 Å². The van der Waals surface area contributed by atoms with Crippen LogP contribution in [0.1, 0.15) is 5.56 Å². The Balaban J connectivity index is 1.83. The molecule has 4 aromatic rings. The van der Waals surface area contributed by atoms with Crippen LogP contribution in [0.5, 0.6) is 0 Å². The SMILES string of the molecule is Cc1ccc(-c2nc(S(=O)(=O)c3ccc(Br)cc3)c(Nc3ccc(F)cc3)o2)cc1. The van der Waals surface area contributed by atoms with E-state index in [1.54, 1.807) is 24.3 Å². The van der Waals surface area contributed by atoms with Gasteiger partial charge >= 0.3 is 0 Å². The normalized spacial score (nSPS) is 11.4. The van der Waals surface area contributed by atoms with Crippen LogP contribution in [0.15, 0.2) is 91.6 Å². The largest absolute Gasteiger partial charge is 0.419 e. The predicted molar refractivity (Wildman–Crippen MR) is 116 cm³/mol. The van der Waals surface area contributed by atoms with Crippen molar-refractivity contribution >= 4 is 37.3 Å². The number of sulfone groups is 1. The first kappa shape index (κ1) is 20.3. The lowest BCUT2D eigenvalue weighted by Crippen LogP contribution is -2.05. The quantitative estimate of drug-likeness (QED) is 0.367. The number of rotatable bonds is 5. The zero-order valence-corrected chi connectivity index (χ0v) is 18.2. The highest BCUT2D eigenvalue weighted by Gasteiger charge is 2.28. The van der Waals surface area contributed by atoms with Gasteiger partial charge in [0.15, 0.2) is 0 Å². The van der Waals surface area contributed by atoms with Gasteiger partial charge in [-0.25, -0.2) is 12.8 Å². The maximum atomic E-state index is 13.3. The van der Waals surface area contributed by atoms with Gasteiger partial charge in [-0.1, -0.05) is 33.6 Å². The van der Waals surface area contributed by atoms with Crippen LogP contribution in [-0.4, -0.2) is 13.4 Å². The molecule has 0 amide bonds. The van der Waals surface area contributed by atoms with Crippen LogP contribution in [0.4, 0.5) is 16.0 Å². The Morgan fingerprint density at radius 2 is 1.57 bits per heavy atom. The smallest absolute Gasteiger partial charge is 0.238 e. The Morgan fingerprint density at radius 1 is 0.933 bits per heavy atom. The topological polar surface area (TPSA) is 72.2 Å². The van der Waals surface area contributed by atoms with Crippen molar-refractivity contribution in [1.82, 2.24) is 4.98 Å². The van der Waals surface area contributed by atoms with Crippen molar-refractivity contribution in [1.29, 1.82) is 0 Å².